The molecule has 0 aliphatic rings. The molecular weight excluding hydrogens is 392 g/mol. The van der Waals surface area contributed by atoms with E-state index in [-0.39, 0.29) is 12.6 Å². The number of unbranched alkanes of at least 4 members (excludes halogenated alkanes) is 13. The second-order valence-corrected chi connectivity index (χ2v) is 10.0. The van der Waals surface area contributed by atoms with E-state index in [2.05, 4.69) is 6.92 Å². The van der Waals surface area contributed by atoms with E-state index in [0.29, 0.717) is 4.48 Å². The summed E-state index contributed by atoms with van der Waals surface area (Å²) >= 11 is 0. The second kappa shape index (κ2) is 20.7. The molecule has 6 heteroatoms. The summed E-state index contributed by atoms with van der Waals surface area (Å²) in [6, 6.07) is -0.313. The van der Waals surface area contributed by atoms with E-state index in [0.717, 1.165) is 12.8 Å². The Balaban J connectivity index is 0. The smallest absolute Gasteiger partial charge is 0.320 e. The van der Waals surface area contributed by atoms with Crippen molar-refractivity contribution in [1.29, 1.82) is 0 Å². The van der Waals surface area contributed by atoms with Gasteiger partial charge in [-0.25, -0.2) is 0 Å². The number of hydrogen-bond acceptors (Lipinski definition) is 4. The van der Waals surface area contributed by atoms with Crippen LogP contribution in [0.1, 0.15) is 103 Å². The van der Waals surface area contributed by atoms with Gasteiger partial charge in [0.15, 0.2) is 0 Å². The topological polar surface area (TPSA) is 80.7 Å². The summed E-state index contributed by atoms with van der Waals surface area (Å²) in [4.78, 5) is 22.8. The fourth-order valence-electron chi connectivity index (χ4n) is 3.52. The summed E-state index contributed by atoms with van der Waals surface area (Å²) in [6.07, 6.45) is 19.6. The number of nitrogens with zero attached hydrogens (tertiary/aromatic N) is 2. The summed E-state index contributed by atoms with van der Waals surface area (Å²) in [7, 11) is 9.10. The van der Waals surface area contributed by atoms with Gasteiger partial charge in [-0.05, 0) is 20.5 Å². The molecule has 0 aromatic heterocycles. The lowest BCUT2D eigenvalue weighted by molar-refractivity contribution is -0.864. The standard InChI is InChI=1S/C20H41NO2.C5H11NO2/c1-4-5-6-7-8-9-10-11-12-13-14-15-16-17-18-19(20(22)23)21(2)3;1-6(2,3)4-5(7)8/h19H,4-18H2,1-3H3,(H,22,23);4H2,1-3H3. The van der Waals surface area contributed by atoms with Crippen LogP contribution in [0.3, 0.4) is 0 Å². The molecule has 0 aliphatic heterocycles. The molecule has 0 aliphatic carbocycles. The fourth-order valence-corrected chi connectivity index (χ4v) is 3.52. The van der Waals surface area contributed by atoms with Crippen LogP contribution in [-0.2, 0) is 9.59 Å². The van der Waals surface area contributed by atoms with Crippen LogP contribution in [0, 0.1) is 0 Å². The number of quaternary nitrogens is 1. The largest absolute Gasteiger partial charge is 0.544 e. The van der Waals surface area contributed by atoms with Crippen LogP contribution in [0.2, 0.25) is 0 Å². The average molecular weight is 445 g/mol. The molecule has 0 amide bonds. The van der Waals surface area contributed by atoms with Crippen LogP contribution in [0.4, 0.5) is 0 Å². The highest BCUT2D eigenvalue weighted by atomic mass is 16.4. The van der Waals surface area contributed by atoms with Crippen LogP contribution in [0.5, 0.6) is 0 Å². The number of aliphatic carboxylic acids is 2. The Bertz CT molecular complexity index is 434. The normalized spacial score (nSPS) is 12.4. The van der Waals surface area contributed by atoms with Gasteiger partial charge in [0.1, 0.15) is 12.6 Å². The lowest BCUT2D eigenvalue weighted by Crippen LogP contribution is -2.45. The van der Waals surface area contributed by atoms with Gasteiger partial charge in [-0.15, -0.1) is 0 Å². The maximum Gasteiger partial charge on any atom is 0.320 e. The summed E-state index contributed by atoms with van der Waals surface area (Å²) < 4.78 is 0.419. The van der Waals surface area contributed by atoms with Gasteiger partial charge in [-0.1, -0.05) is 96.8 Å². The monoisotopic (exact) mass is 444 g/mol. The Labute approximate surface area is 192 Å². The van der Waals surface area contributed by atoms with E-state index in [1.807, 2.05) is 19.0 Å². The number of carbonyl (C=O) groups excluding carboxylic acids is 1. The summed E-state index contributed by atoms with van der Waals surface area (Å²) in [5, 5.41) is 19.0. The third-order valence-corrected chi connectivity index (χ3v) is 5.34. The molecule has 186 valence electrons. The van der Waals surface area contributed by atoms with Crippen LogP contribution < -0.4 is 5.11 Å². The highest BCUT2D eigenvalue weighted by Gasteiger charge is 2.18. The van der Waals surface area contributed by atoms with Crippen molar-refractivity contribution in [2.75, 3.05) is 41.8 Å². The quantitative estimate of drug-likeness (QED) is 0.237. The molecule has 0 aromatic rings. The highest BCUT2D eigenvalue weighted by molar-refractivity contribution is 5.73. The average Bonchev–Trinajstić information content (AvgIpc) is 2.62. The molecule has 1 unspecified atom stereocenters. The van der Waals surface area contributed by atoms with Gasteiger partial charge in [0.2, 0.25) is 0 Å². The van der Waals surface area contributed by atoms with Crippen molar-refractivity contribution in [1.82, 2.24) is 4.90 Å². The first-order valence-electron chi connectivity index (χ1n) is 12.4. The van der Waals surface area contributed by atoms with Crippen LogP contribution in [-0.4, -0.2) is 74.3 Å². The lowest BCUT2D eigenvalue weighted by Gasteiger charge is -2.23. The van der Waals surface area contributed by atoms with Gasteiger partial charge in [0.05, 0.1) is 27.1 Å². The minimum atomic E-state index is -1.00. The third-order valence-electron chi connectivity index (χ3n) is 5.34. The molecule has 0 bridgehead atoms. The molecule has 6 nitrogen and oxygen atoms in total. The molecule has 0 spiro atoms. The second-order valence-electron chi connectivity index (χ2n) is 10.0. The first-order chi connectivity index (χ1) is 14.5. The molecule has 31 heavy (non-hydrogen) atoms. The van der Waals surface area contributed by atoms with E-state index >= 15 is 0 Å². The Morgan fingerprint density at radius 1 is 0.774 bits per heavy atom. The first kappa shape index (κ1) is 32.0. The zero-order valence-corrected chi connectivity index (χ0v) is 21.5. The third kappa shape index (κ3) is 26.8. The van der Waals surface area contributed by atoms with Crippen molar-refractivity contribution < 1.29 is 24.3 Å². The molecule has 0 aromatic carbocycles. The SMILES string of the molecule is CCCCCCCCCCCCCCCCC(C(=O)O)N(C)C.C[N+](C)(C)CC(=O)[O-]. The molecular formula is C25H52N2O4. The van der Waals surface area contributed by atoms with Gasteiger partial charge in [0, 0.05) is 0 Å². The molecule has 0 saturated carbocycles. The van der Waals surface area contributed by atoms with Crippen molar-refractivity contribution in [2.24, 2.45) is 0 Å². The number of carboxylic acid groups (broad SMARTS) is 2. The molecule has 0 fully saturated rings. The zero-order valence-electron chi connectivity index (χ0n) is 21.5. The van der Waals surface area contributed by atoms with Gasteiger partial charge in [-0.3, -0.25) is 9.69 Å². The molecule has 0 rings (SSSR count). The van der Waals surface area contributed by atoms with E-state index in [1.165, 1.54) is 83.5 Å². The maximum atomic E-state index is 11.1. The van der Waals surface area contributed by atoms with Gasteiger partial charge >= 0.3 is 5.97 Å². The van der Waals surface area contributed by atoms with Crippen LogP contribution >= 0.6 is 0 Å². The minimum Gasteiger partial charge on any atom is -0.544 e. The number of rotatable bonds is 19. The van der Waals surface area contributed by atoms with Crippen LogP contribution in [0.25, 0.3) is 0 Å². The van der Waals surface area contributed by atoms with Crippen molar-refractivity contribution in [2.45, 2.75) is 109 Å². The van der Waals surface area contributed by atoms with E-state index in [1.54, 1.807) is 21.1 Å². The van der Waals surface area contributed by atoms with E-state index in [9.17, 15) is 14.7 Å². The van der Waals surface area contributed by atoms with Crippen molar-refractivity contribution in [3.8, 4) is 0 Å². The molecule has 0 radical (unpaired) electrons. The van der Waals surface area contributed by atoms with Crippen molar-refractivity contribution in [3.05, 3.63) is 0 Å². The molecule has 0 heterocycles. The predicted octanol–water partition coefficient (Wildman–Crippen LogP) is 4.32. The van der Waals surface area contributed by atoms with Crippen molar-refractivity contribution >= 4 is 11.9 Å². The summed E-state index contributed by atoms with van der Waals surface area (Å²) in [5.74, 6) is -1.69. The Morgan fingerprint density at radius 3 is 1.35 bits per heavy atom. The number of carbonyl (C=O) groups is 2. The van der Waals surface area contributed by atoms with Gasteiger partial charge in [-0.2, -0.15) is 0 Å². The predicted molar refractivity (Wildman–Crippen MR) is 128 cm³/mol. The van der Waals surface area contributed by atoms with Gasteiger partial charge < -0.3 is 19.5 Å². The molecule has 0 saturated heterocycles. The van der Waals surface area contributed by atoms with E-state index in [4.69, 9.17) is 5.11 Å². The Morgan fingerprint density at radius 2 is 1.13 bits per heavy atom. The number of likely N-dealkylation sites (N-methyl/N-ethyl adjacent to an activating group) is 2. The van der Waals surface area contributed by atoms with Crippen molar-refractivity contribution in [3.63, 3.8) is 0 Å². The lowest BCUT2D eigenvalue weighted by atomic mass is 10.0. The Kier molecular flexibility index (Phi) is 21.4. The summed E-state index contributed by atoms with van der Waals surface area (Å²) in [6.45, 7) is 2.34. The molecule has 1 atom stereocenters. The van der Waals surface area contributed by atoms with Gasteiger partial charge in [0.25, 0.3) is 0 Å². The maximum absolute atomic E-state index is 11.1. The fraction of sp³-hybridized carbons (Fsp3) is 0.920. The molecule has 1 N–H and O–H groups in total. The first-order valence-corrected chi connectivity index (χ1v) is 12.4. The number of hydrogen-bond donors (Lipinski definition) is 1. The van der Waals surface area contributed by atoms with E-state index < -0.39 is 11.9 Å². The minimum absolute atomic E-state index is 0.0694. The zero-order chi connectivity index (χ0) is 24.1. The Hall–Kier alpha value is -1.14. The summed E-state index contributed by atoms with van der Waals surface area (Å²) in [5.41, 5.74) is 0. The highest BCUT2D eigenvalue weighted by Crippen LogP contribution is 2.14. The number of carboxylic acids is 2. The van der Waals surface area contributed by atoms with Crippen LogP contribution in [0.15, 0.2) is 0 Å².